The Bertz CT molecular complexity index is 578. The van der Waals surface area contributed by atoms with Gasteiger partial charge in [0, 0.05) is 32.1 Å². The number of hydrogen-bond acceptors (Lipinski definition) is 5. The van der Waals surface area contributed by atoms with Gasteiger partial charge in [0.05, 0.1) is 12.6 Å². The fourth-order valence-corrected chi connectivity index (χ4v) is 3.55. The van der Waals surface area contributed by atoms with Gasteiger partial charge in [-0.2, -0.15) is 5.10 Å². The number of nitrogens with zero attached hydrogens (tertiary/aromatic N) is 4. The number of hydrogen-bond donors (Lipinski definition) is 1. The van der Waals surface area contributed by atoms with Gasteiger partial charge in [-0.3, -0.25) is 0 Å². The van der Waals surface area contributed by atoms with E-state index in [1.807, 2.05) is 4.90 Å². The van der Waals surface area contributed by atoms with Crippen LogP contribution in [-0.4, -0.2) is 51.5 Å². The van der Waals surface area contributed by atoms with E-state index >= 15 is 0 Å². The second kappa shape index (κ2) is 8.17. The Kier molecular flexibility index (Phi) is 5.93. The molecule has 140 valence electrons. The number of piperidine rings is 1. The van der Waals surface area contributed by atoms with E-state index in [2.05, 4.69) is 35.9 Å². The zero-order chi connectivity index (χ0) is 17.8. The van der Waals surface area contributed by atoms with E-state index in [1.54, 1.807) is 0 Å². The summed E-state index contributed by atoms with van der Waals surface area (Å²) in [5, 5.41) is 8.34. The molecule has 1 aromatic heterocycles. The van der Waals surface area contributed by atoms with Crippen LogP contribution in [-0.2, 0) is 17.7 Å². The second-order valence-electron chi connectivity index (χ2n) is 7.56. The molecule has 0 radical (unpaired) electrons. The Morgan fingerprint density at radius 2 is 2.04 bits per heavy atom. The predicted molar refractivity (Wildman–Crippen MR) is 95.3 cm³/mol. The van der Waals surface area contributed by atoms with Crippen molar-refractivity contribution in [1.82, 2.24) is 25.0 Å². The molecule has 1 atom stereocenters. The maximum atomic E-state index is 12.1. The first-order valence-corrected chi connectivity index (χ1v) is 9.68. The molecule has 3 heterocycles. The highest BCUT2D eigenvalue weighted by Crippen LogP contribution is 2.25. The highest BCUT2D eigenvalue weighted by atomic mass is 16.6. The van der Waals surface area contributed by atoms with Gasteiger partial charge in [0.15, 0.2) is 5.82 Å². The minimum atomic E-state index is -0.169. The van der Waals surface area contributed by atoms with Crippen LogP contribution >= 0.6 is 0 Å². The van der Waals surface area contributed by atoms with Gasteiger partial charge < -0.3 is 15.0 Å². The molecular weight excluding hydrogens is 318 g/mol. The van der Waals surface area contributed by atoms with Crippen LogP contribution in [0.4, 0.5) is 4.79 Å². The Balaban J connectivity index is 1.50. The number of amides is 1. The maximum absolute atomic E-state index is 12.1. The van der Waals surface area contributed by atoms with E-state index < -0.39 is 0 Å². The number of rotatable bonds is 5. The third-order valence-electron chi connectivity index (χ3n) is 4.97. The standard InChI is InChI=1S/C18H31N5O2/c1-4-16-20-17-15(6-5-9-23(17)21-16)19-14-7-10-22(11-8-14)18(24)25-12-13(2)3/h13-15,19H,4-12H2,1-3H3/t15-/m0/s1. The largest absolute Gasteiger partial charge is 0.449 e. The molecule has 7 nitrogen and oxygen atoms in total. The Morgan fingerprint density at radius 1 is 1.28 bits per heavy atom. The van der Waals surface area contributed by atoms with Gasteiger partial charge in [0.2, 0.25) is 0 Å². The number of carbonyl (C=O) groups is 1. The van der Waals surface area contributed by atoms with Gasteiger partial charge in [-0.1, -0.05) is 20.8 Å². The first kappa shape index (κ1) is 18.2. The number of aromatic nitrogens is 3. The van der Waals surface area contributed by atoms with Crippen molar-refractivity contribution in [2.45, 2.75) is 71.5 Å². The van der Waals surface area contributed by atoms with E-state index in [0.29, 0.717) is 18.6 Å². The van der Waals surface area contributed by atoms with Crippen molar-refractivity contribution in [2.24, 2.45) is 5.92 Å². The molecule has 25 heavy (non-hydrogen) atoms. The fourth-order valence-electron chi connectivity index (χ4n) is 3.55. The molecule has 1 saturated heterocycles. The lowest BCUT2D eigenvalue weighted by Gasteiger charge is -2.34. The minimum absolute atomic E-state index is 0.169. The normalized spacial score (nSPS) is 21.4. The Labute approximate surface area is 150 Å². The molecule has 0 bridgehead atoms. The predicted octanol–water partition coefficient (Wildman–Crippen LogP) is 2.52. The van der Waals surface area contributed by atoms with Crippen molar-refractivity contribution in [1.29, 1.82) is 0 Å². The summed E-state index contributed by atoms with van der Waals surface area (Å²) in [7, 11) is 0. The van der Waals surface area contributed by atoms with E-state index in [4.69, 9.17) is 9.72 Å². The number of aryl methyl sites for hydroxylation is 2. The molecule has 7 heteroatoms. The quantitative estimate of drug-likeness (QED) is 0.884. The number of likely N-dealkylation sites (tertiary alicyclic amines) is 1. The lowest BCUT2D eigenvalue weighted by molar-refractivity contribution is 0.0806. The van der Waals surface area contributed by atoms with Gasteiger partial charge in [0.1, 0.15) is 5.82 Å². The van der Waals surface area contributed by atoms with E-state index in [0.717, 1.165) is 63.4 Å². The molecule has 2 aliphatic heterocycles. The summed E-state index contributed by atoms with van der Waals surface area (Å²) < 4.78 is 7.40. The van der Waals surface area contributed by atoms with E-state index in [1.165, 1.54) is 0 Å². The smallest absolute Gasteiger partial charge is 0.409 e. The first-order valence-electron chi connectivity index (χ1n) is 9.68. The van der Waals surface area contributed by atoms with Gasteiger partial charge in [-0.05, 0) is 31.6 Å². The average molecular weight is 349 g/mol. The van der Waals surface area contributed by atoms with Gasteiger partial charge in [0.25, 0.3) is 0 Å². The highest BCUT2D eigenvalue weighted by molar-refractivity contribution is 5.67. The van der Waals surface area contributed by atoms with Crippen LogP contribution in [0.3, 0.4) is 0 Å². The van der Waals surface area contributed by atoms with Gasteiger partial charge in [-0.15, -0.1) is 0 Å². The van der Waals surface area contributed by atoms with Crippen molar-refractivity contribution in [3.05, 3.63) is 11.6 Å². The zero-order valence-corrected chi connectivity index (χ0v) is 15.7. The molecule has 1 fully saturated rings. The SMILES string of the molecule is CCc1nc2n(n1)CCC[C@@H]2NC1CCN(C(=O)OCC(C)C)CC1. The van der Waals surface area contributed by atoms with Crippen LogP contribution < -0.4 is 5.32 Å². The number of ether oxygens (including phenoxy) is 1. The molecule has 0 saturated carbocycles. The minimum Gasteiger partial charge on any atom is -0.449 e. The zero-order valence-electron chi connectivity index (χ0n) is 15.7. The fraction of sp³-hybridized carbons (Fsp3) is 0.833. The van der Waals surface area contributed by atoms with Gasteiger partial charge in [-0.25, -0.2) is 14.5 Å². The summed E-state index contributed by atoms with van der Waals surface area (Å²) in [5.41, 5.74) is 0. The van der Waals surface area contributed by atoms with E-state index in [9.17, 15) is 4.79 Å². The third kappa shape index (κ3) is 4.51. The van der Waals surface area contributed by atoms with Crippen molar-refractivity contribution >= 4 is 6.09 Å². The molecule has 1 aromatic rings. The summed E-state index contributed by atoms with van der Waals surface area (Å²) in [4.78, 5) is 18.6. The molecule has 3 rings (SSSR count). The van der Waals surface area contributed by atoms with Crippen LogP contribution in [0.15, 0.2) is 0 Å². The lowest BCUT2D eigenvalue weighted by atomic mass is 10.0. The van der Waals surface area contributed by atoms with Crippen molar-refractivity contribution in [2.75, 3.05) is 19.7 Å². The highest BCUT2D eigenvalue weighted by Gasteiger charge is 2.29. The van der Waals surface area contributed by atoms with Crippen LogP contribution in [0.1, 0.15) is 64.1 Å². The van der Waals surface area contributed by atoms with Crippen LogP contribution in [0.5, 0.6) is 0 Å². The molecule has 2 aliphatic rings. The molecule has 0 unspecified atom stereocenters. The Hall–Kier alpha value is -1.63. The first-order chi connectivity index (χ1) is 12.1. The molecule has 1 amide bonds. The van der Waals surface area contributed by atoms with Crippen molar-refractivity contribution in [3.63, 3.8) is 0 Å². The molecular formula is C18H31N5O2. The molecule has 0 aliphatic carbocycles. The second-order valence-corrected chi connectivity index (χ2v) is 7.56. The monoisotopic (exact) mass is 349 g/mol. The number of nitrogens with one attached hydrogen (secondary N) is 1. The molecule has 0 spiro atoms. The van der Waals surface area contributed by atoms with Crippen molar-refractivity contribution in [3.8, 4) is 0 Å². The van der Waals surface area contributed by atoms with Crippen LogP contribution in [0, 0.1) is 5.92 Å². The Morgan fingerprint density at radius 3 is 2.72 bits per heavy atom. The van der Waals surface area contributed by atoms with E-state index in [-0.39, 0.29) is 12.1 Å². The number of carbonyl (C=O) groups excluding carboxylic acids is 1. The topological polar surface area (TPSA) is 72.3 Å². The maximum Gasteiger partial charge on any atom is 0.409 e. The lowest BCUT2D eigenvalue weighted by Crippen LogP contribution is -2.46. The van der Waals surface area contributed by atoms with Crippen molar-refractivity contribution < 1.29 is 9.53 Å². The summed E-state index contributed by atoms with van der Waals surface area (Å²) in [6.45, 7) is 9.18. The van der Waals surface area contributed by atoms with Gasteiger partial charge >= 0.3 is 6.09 Å². The average Bonchev–Trinajstić information content (AvgIpc) is 3.05. The van der Waals surface area contributed by atoms with Crippen LogP contribution in [0.2, 0.25) is 0 Å². The summed E-state index contributed by atoms with van der Waals surface area (Å²) in [6, 6.07) is 0.707. The summed E-state index contributed by atoms with van der Waals surface area (Å²) in [5.74, 6) is 2.40. The molecule has 1 N–H and O–H groups in total. The van der Waals surface area contributed by atoms with Crippen LogP contribution in [0.25, 0.3) is 0 Å². The third-order valence-corrected chi connectivity index (χ3v) is 4.97. The number of fused-ring (bicyclic) bond motifs is 1. The summed E-state index contributed by atoms with van der Waals surface area (Å²) >= 11 is 0. The molecule has 0 aromatic carbocycles. The summed E-state index contributed by atoms with van der Waals surface area (Å²) in [6.07, 6.45) is 4.88.